The molecule has 0 aliphatic heterocycles. The monoisotopic (exact) mass is 407 g/mol. The highest BCUT2D eigenvalue weighted by atomic mass is 16.6. The topological polar surface area (TPSA) is 81.8 Å². The lowest BCUT2D eigenvalue weighted by molar-refractivity contribution is -0.383. The van der Waals surface area contributed by atoms with Crippen LogP contribution in [0.1, 0.15) is 19.4 Å². The maximum atomic E-state index is 12.3. The molecule has 0 atom stereocenters. The summed E-state index contributed by atoms with van der Waals surface area (Å²) in [6, 6.07) is 17.9. The van der Waals surface area contributed by atoms with Crippen molar-refractivity contribution in [2.75, 3.05) is 14.2 Å². The lowest BCUT2D eigenvalue weighted by atomic mass is 9.89. The highest BCUT2D eigenvalue weighted by Crippen LogP contribution is 2.45. The number of nitro groups is 1. The number of aliphatic hydroxyl groups is 1. The third-order valence-electron chi connectivity index (χ3n) is 4.78. The molecule has 0 aromatic heterocycles. The molecule has 6 nitrogen and oxygen atoms in total. The fourth-order valence-electron chi connectivity index (χ4n) is 3.64. The van der Waals surface area contributed by atoms with E-state index in [2.05, 4.69) is 0 Å². The van der Waals surface area contributed by atoms with Gasteiger partial charge in [0, 0.05) is 17.5 Å². The average Bonchev–Trinajstić information content (AvgIpc) is 2.71. The molecular formula is C24H25NO5. The first-order valence-corrected chi connectivity index (χ1v) is 9.55. The van der Waals surface area contributed by atoms with Crippen LogP contribution in [0.2, 0.25) is 0 Å². The van der Waals surface area contributed by atoms with Crippen LogP contribution < -0.4 is 9.47 Å². The molecule has 0 bridgehead atoms. The molecule has 0 saturated heterocycles. The lowest BCUT2D eigenvalue weighted by Crippen LogP contribution is -2.22. The van der Waals surface area contributed by atoms with E-state index in [0.717, 1.165) is 5.56 Å². The van der Waals surface area contributed by atoms with Crippen molar-refractivity contribution in [3.05, 3.63) is 76.3 Å². The summed E-state index contributed by atoms with van der Waals surface area (Å²) in [5.41, 5.74) is 1.84. The number of benzene rings is 3. The largest absolute Gasteiger partial charge is 0.496 e. The Bertz CT molecular complexity index is 1000. The third kappa shape index (κ3) is 4.44. The number of nitrogens with zero attached hydrogens (tertiary/aromatic N) is 1. The molecule has 0 heterocycles. The Morgan fingerprint density at radius 1 is 0.867 bits per heavy atom. The molecule has 156 valence electrons. The predicted octanol–water partition coefficient (Wildman–Crippen LogP) is 5.26. The van der Waals surface area contributed by atoms with Crippen LogP contribution in [0, 0.1) is 10.1 Å². The maximum Gasteiger partial charge on any atom is 0.285 e. The summed E-state index contributed by atoms with van der Waals surface area (Å²) in [7, 11) is 3.07. The predicted molar refractivity (Wildman–Crippen MR) is 117 cm³/mol. The molecule has 3 aromatic carbocycles. The minimum atomic E-state index is -0.980. The Labute approximate surface area is 175 Å². The van der Waals surface area contributed by atoms with Gasteiger partial charge in [-0.15, -0.1) is 0 Å². The van der Waals surface area contributed by atoms with Crippen LogP contribution in [0.25, 0.3) is 22.3 Å². The molecule has 30 heavy (non-hydrogen) atoms. The average molecular weight is 407 g/mol. The number of ether oxygens (including phenoxy) is 2. The van der Waals surface area contributed by atoms with Gasteiger partial charge < -0.3 is 14.6 Å². The van der Waals surface area contributed by atoms with Gasteiger partial charge in [0.25, 0.3) is 5.69 Å². The fourth-order valence-corrected chi connectivity index (χ4v) is 3.64. The zero-order valence-electron chi connectivity index (χ0n) is 17.5. The quantitative estimate of drug-likeness (QED) is 0.427. The highest BCUT2D eigenvalue weighted by molar-refractivity contribution is 5.90. The molecular weight excluding hydrogens is 382 g/mol. The standard InChI is InChI=1S/C24H25NO5/c1-24(2,26)15-16-13-19(17-9-5-7-11-21(17)29-3)23(25(27)28)20(14-16)18-10-6-8-12-22(18)30-4/h5-14,26H,15H2,1-4H3. The number of rotatable bonds is 7. The number of para-hydroxylation sites is 2. The Balaban J connectivity index is 2.41. The summed E-state index contributed by atoms with van der Waals surface area (Å²) in [5.74, 6) is 1.07. The summed E-state index contributed by atoms with van der Waals surface area (Å²) in [5, 5.41) is 22.7. The van der Waals surface area contributed by atoms with Gasteiger partial charge in [-0.05, 0) is 43.7 Å². The maximum absolute atomic E-state index is 12.3. The van der Waals surface area contributed by atoms with Gasteiger partial charge in [-0.2, -0.15) is 0 Å². The van der Waals surface area contributed by atoms with Crippen molar-refractivity contribution in [2.24, 2.45) is 0 Å². The van der Waals surface area contributed by atoms with E-state index in [1.165, 1.54) is 14.2 Å². The van der Waals surface area contributed by atoms with Crippen LogP contribution in [0.5, 0.6) is 11.5 Å². The summed E-state index contributed by atoms with van der Waals surface area (Å²) in [6.07, 6.45) is 0.329. The second-order valence-corrected chi connectivity index (χ2v) is 7.69. The van der Waals surface area contributed by atoms with Crippen LogP contribution >= 0.6 is 0 Å². The Kier molecular flexibility index (Phi) is 6.08. The van der Waals surface area contributed by atoms with Gasteiger partial charge in [-0.3, -0.25) is 10.1 Å². The Morgan fingerprint density at radius 2 is 1.30 bits per heavy atom. The van der Waals surface area contributed by atoms with E-state index in [4.69, 9.17) is 9.47 Å². The zero-order valence-corrected chi connectivity index (χ0v) is 17.5. The minimum Gasteiger partial charge on any atom is -0.496 e. The summed E-state index contributed by atoms with van der Waals surface area (Å²) in [4.78, 5) is 11.9. The van der Waals surface area contributed by atoms with Crippen LogP contribution in [0.15, 0.2) is 60.7 Å². The van der Waals surface area contributed by atoms with Gasteiger partial charge in [-0.25, -0.2) is 0 Å². The van der Waals surface area contributed by atoms with Gasteiger partial charge in [0.05, 0.1) is 35.9 Å². The van der Waals surface area contributed by atoms with E-state index >= 15 is 0 Å². The zero-order chi connectivity index (χ0) is 21.9. The number of hydrogen-bond donors (Lipinski definition) is 1. The van der Waals surface area contributed by atoms with E-state index in [9.17, 15) is 15.2 Å². The third-order valence-corrected chi connectivity index (χ3v) is 4.78. The first-order chi connectivity index (χ1) is 14.2. The first-order valence-electron chi connectivity index (χ1n) is 9.55. The molecule has 3 aromatic rings. The highest BCUT2D eigenvalue weighted by Gasteiger charge is 2.28. The molecule has 0 unspecified atom stereocenters. The Morgan fingerprint density at radius 3 is 1.67 bits per heavy atom. The van der Waals surface area contributed by atoms with Crippen molar-refractivity contribution in [3.8, 4) is 33.8 Å². The molecule has 0 spiro atoms. The summed E-state index contributed by atoms with van der Waals surface area (Å²) >= 11 is 0. The number of nitro benzene ring substituents is 1. The van der Waals surface area contributed by atoms with Crippen molar-refractivity contribution in [1.29, 1.82) is 0 Å². The molecule has 1 N–H and O–H groups in total. The van der Waals surface area contributed by atoms with Crippen molar-refractivity contribution in [2.45, 2.75) is 25.9 Å². The molecule has 6 heteroatoms. The SMILES string of the molecule is COc1ccccc1-c1cc(CC(C)(C)O)cc(-c2ccccc2OC)c1[N+](=O)[O-]. The second kappa shape index (κ2) is 8.55. The molecule has 0 saturated carbocycles. The summed E-state index contributed by atoms with van der Waals surface area (Å²) < 4.78 is 10.9. The van der Waals surface area contributed by atoms with Gasteiger partial charge >= 0.3 is 0 Å². The van der Waals surface area contributed by atoms with Gasteiger partial charge in [-0.1, -0.05) is 36.4 Å². The van der Waals surface area contributed by atoms with Gasteiger partial charge in [0.2, 0.25) is 0 Å². The smallest absolute Gasteiger partial charge is 0.285 e. The fraction of sp³-hybridized carbons (Fsp3) is 0.250. The molecule has 3 rings (SSSR count). The van der Waals surface area contributed by atoms with Crippen molar-refractivity contribution < 1.29 is 19.5 Å². The van der Waals surface area contributed by atoms with E-state index in [1.54, 1.807) is 50.2 Å². The van der Waals surface area contributed by atoms with Crippen LogP contribution in [-0.2, 0) is 6.42 Å². The Hall–Kier alpha value is -3.38. The molecule has 0 aliphatic carbocycles. The molecule has 0 amide bonds. The number of methoxy groups -OCH3 is 2. The summed E-state index contributed by atoms with van der Waals surface area (Å²) in [6.45, 7) is 3.42. The van der Waals surface area contributed by atoms with Crippen molar-refractivity contribution in [3.63, 3.8) is 0 Å². The minimum absolute atomic E-state index is 0.0384. The molecule has 0 radical (unpaired) electrons. The van der Waals surface area contributed by atoms with E-state index in [0.29, 0.717) is 40.2 Å². The molecule has 0 fully saturated rings. The van der Waals surface area contributed by atoms with Gasteiger partial charge in [0.1, 0.15) is 11.5 Å². The number of hydrogen-bond acceptors (Lipinski definition) is 5. The van der Waals surface area contributed by atoms with E-state index < -0.39 is 5.60 Å². The van der Waals surface area contributed by atoms with Gasteiger partial charge in [0.15, 0.2) is 0 Å². The molecule has 0 aliphatic rings. The first kappa shape index (κ1) is 21.3. The van der Waals surface area contributed by atoms with Crippen LogP contribution in [0.3, 0.4) is 0 Å². The van der Waals surface area contributed by atoms with Crippen LogP contribution in [0.4, 0.5) is 5.69 Å². The second-order valence-electron chi connectivity index (χ2n) is 7.69. The van der Waals surface area contributed by atoms with E-state index in [1.807, 2.05) is 24.3 Å². The lowest BCUT2D eigenvalue weighted by Gasteiger charge is -2.20. The van der Waals surface area contributed by atoms with Crippen LogP contribution in [-0.4, -0.2) is 29.9 Å². The van der Waals surface area contributed by atoms with Crippen molar-refractivity contribution >= 4 is 5.69 Å². The van der Waals surface area contributed by atoms with E-state index in [-0.39, 0.29) is 10.6 Å². The normalized spacial score (nSPS) is 11.2. The van der Waals surface area contributed by atoms with Crippen molar-refractivity contribution in [1.82, 2.24) is 0 Å².